The average Bonchev–Trinajstić information content (AvgIpc) is 3.26. The second-order valence-electron chi connectivity index (χ2n) is 8.13. The minimum atomic E-state index is -4.68. The van der Waals surface area contributed by atoms with E-state index in [0.717, 1.165) is 49.6 Å². The van der Waals surface area contributed by atoms with Gasteiger partial charge in [-0.05, 0) is 39.2 Å². The molecule has 7 nitrogen and oxygen atoms in total. The Hall–Kier alpha value is -2.79. The Morgan fingerprint density at radius 3 is 2.69 bits per heavy atom. The third kappa shape index (κ3) is 6.70. The van der Waals surface area contributed by atoms with Gasteiger partial charge in [-0.1, -0.05) is 42.4 Å². The van der Waals surface area contributed by atoms with Crippen LogP contribution in [0.5, 0.6) is 0 Å². The van der Waals surface area contributed by atoms with E-state index in [9.17, 15) is 22.8 Å². The molecule has 12 heteroatoms. The van der Waals surface area contributed by atoms with Gasteiger partial charge in [0.05, 0.1) is 27.7 Å². The first-order valence-electron chi connectivity index (χ1n) is 11.5. The third-order valence-electron chi connectivity index (χ3n) is 5.50. The molecule has 0 spiro atoms. The number of nitrogens with one attached hydrogen (secondary N) is 2. The van der Waals surface area contributed by atoms with Gasteiger partial charge in [-0.15, -0.1) is 0 Å². The number of alkyl halides is 3. The molecular weight excluding hydrogens is 515 g/mol. The number of carbonyl (C=O) groups excluding carboxylic acids is 2. The van der Waals surface area contributed by atoms with Crippen molar-refractivity contribution in [3.8, 4) is 0 Å². The van der Waals surface area contributed by atoms with Crippen molar-refractivity contribution >= 4 is 41.0 Å². The van der Waals surface area contributed by atoms with E-state index in [0.29, 0.717) is 23.1 Å². The van der Waals surface area contributed by atoms with Gasteiger partial charge < -0.3 is 15.2 Å². The minimum absolute atomic E-state index is 0.239. The Bertz CT molecular complexity index is 1190. The fraction of sp³-hybridized carbons (Fsp3) is 0.417. The smallest absolute Gasteiger partial charge is 0.344 e. The van der Waals surface area contributed by atoms with Gasteiger partial charge in [-0.25, -0.2) is 9.97 Å². The summed E-state index contributed by atoms with van der Waals surface area (Å²) in [7, 11) is 0. The number of carbonyl (C=O) groups is 2. The number of anilines is 1. The number of pyridine rings is 1. The highest BCUT2D eigenvalue weighted by Gasteiger charge is 2.34. The molecule has 36 heavy (non-hydrogen) atoms. The number of nitrogens with zero attached hydrogens (tertiary/aromatic N) is 3. The molecule has 2 aromatic heterocycles. The fourth-order valence-electron chi connectivity index (χ4n) is 3.71. The van der Waals surface area contributed by atoms with Crippen molar-refractivity contribution < 1.29 is 22.8 Å². The van der Waals surface area contributed by atoms with Crippen LogP contribution < -0.4 is 10.6 Å². The summed E-state index contributed by atoms with van der Waals surface area (Å²) in [5.41, 5.74) is -0.593. The van der Waals surface area contributed by atoms with Crippen molar-refractivity contribution in [1.29, 1.82) is 0 Å². The fourth-order valence-corrected chi connectivity index (χ4v) is 4.92. The van der Waals surface area contributed by atoms with Crippen molar-refractivity contribution in [2.24, 2.45) is 0 Å². The highest BCUT2D eigenvalue weighted by Crippen LogP contribution is 2.36. The number of amides is 2. The summed E-state index contributed by atoms with van der Waals surface area (Å²) in [5, 5.41) is 4.80. The van der Waals surface area contributed by atoms with Crippen LogP contribution in [0.15, 0.2) is 40.4 Å². The zero-order chi connectivity index (χ0) is 26.5. The maximum atomic E-state index is 13.1. The number of hydrogen-bond acceptors (Lipinski definition) is 5. The summed E-state index contributed by atoms with van der Waals surface area (Å²) in [5.74, 6) is -0.266. The van der Waals surface area contributed by atoms with Crippen LogP contribution in [0.25, 0.3) is 0 Å². The average molecular weight is 542 g/mol. The number of imidazole rings is 1. The first kappa shape index (κ1) is 27.8. The molecule has 194 valence electrons. The lowest BCUT2D eigenvalue weighted by Crippen LogP contribution is -2.35. The SMILES string of the molecule is CC=C(SC(=CCC)C(C)NC(=O)c1cnc2n1CCCC2)C(=O)Nc1cc(C(F)(F)F)c(Cl)cn1. The van der Waals surface area contributed by atoms with E-state index in [1.807, 2.05) is 17.6 Å². The van der Waals surface area contributed by atoms with Crippen molar-refractivity contribution in [2.75, 3.05) is 5.32 Å². The largest absolute Gasteiger partial charge is 0.418 e. The van der Waals surface area contributed by atoms with Crippen molar-refractivity contribution in [2.45, 2.75) is 65.2 Å². The standard InChI is InChI=1S/C24H27ClF3N5O2S/c1-4-8-19(14(3)31-22(34)17-13-30-21-9-6-7-10-33(17)21)36-18(5-2)23(35)32-20-11-15(24(26,27)28)16(25)12-29-20/h5,8,11-14H,4,6-7,9-10H2,1-3H3,(H,31,34)(H,29,32,35). The monoisotopic (exact) mass is 541 g/mol. The Balaban J connectivity index is 1.71. The summed E-state index contributed by atoms with van der Waals surface area (Å²) >= 11 is 6.73. The summed E-state index contributed by atoms with van der Waals surface area (Å²) < 4.78 is 41.4. The first-order chi connectivity index (χ1) is 17.0. The van der Waals surface area contributed by atoms with E-state index < -0.39 is 28.7 Å². The van der Waals surface area contributed by atoms with E-state index in [-0.39, 0.29) is 16.6 Å². The summed E-state index contributed by atoms with van der Waals surface area (Å²) in [4.78, 5) is 34.9. The lowest BCUT2D eigenvalue weighted by atomic mass is 10.1. The predicted octanol–water partition coefficient (Wildman–Crippen LogP) is 5.97. The molecule has 0 aliphatic carbocycles. The predicted molar refractivity (Wildman–Crippen MR) is 135 cm³/mol. The molecule has 0 bridgehead atoms. The molecule has 3 rings (SSSR count). The van der Waals surface area contributed by atoms with E-state index in [2.05, 4.69) is 20.6 Å². The number of rotatable bonds is 8. The zero-order valence-electron chi connectivity index (χ0n) is 20.1. The van der Waals surface area contributed by atoms with Gasteiger partial charge in [-0.3, -0.25) is 9.59 Å². The highest BCUT2D eigenvalue weighted by molar-refractivity contribution is 8.07. The van der Waals surface area contributed by atoms with Crippen molar-refractivity contribution in [3.63, 3.8) is 0 Å². The number of aryl methyl sites for hydroxylation is 1. The van der Waals surface area contributed by atoms with Gasteiger partial charge in [0.2, 0.25) is 0 Å². The number of thioether (sulfide) groups is 1. The van der Waals surface area contributed by atoms with Gasteiger partial charge in [0.15, 0.2) is 0 Å². The molecule has 0 radical (unpaired) electrons. The van der Waals surface area contributed by atoms with Crippen molar-refractivity contribution in [1.82, 2.24) is 19.9 Å². The molecule has 0 saturated carbocycles. The quantitative estimate of drug-likeness (QED) is 0.402. The van der Waals surface area contributed by atoms with E-state index in [4.69, 9.17) is 11.6 Å². The molecule has 1 aliphatic heterocycles. The second kappa shape index (κ2) is 12.0. The maximum absolute atomic E-state index is 13.1. The molecule has 0 fully saturated rings. The van der Waals surface area contributed by atoms with E-state index in [1.54, 1.807) is 26.1 Å². The van der Waals surface area contributed by atoms with Crippen LogP contribution in [0.1, 0.15) is 61.9 Å². The Kier molecular flexibility index (Phi) is 9.24. The number of allylic oxidation sites excluding steroid dienone is 2. The minimum Gasteiger partial charge on any atom is -0.344 e. The molecule has 1 atom stereocenters. The van der Waals surface area contributed by atoms with Crippen LogP contribution >= 0.6 is 23.4 Å². The Morgan fingerprint density at radius 1 is 1.28 bits per heavy atom. The molecule has 3 heterocycles. The van der Waals surface area contributed by atoms with Crippen molar-refractivity contribution in [3.05, 3.63) is 62.5 Å². The van der Waals surface area contributed by atoms with Gasteiger partial charge in [-0.2, -0.15) is 13.2 Å². The molecule has 0 saturated heterocycles. The van der Waals surface area contributed by atoms with Gasteiger partial charge in [0.25, 0.3) is 11.8 Å². The third-order valence-corrected chi connectivity index (χ3v) is 7.20. The summed E-state index contributed by atoms with van der Waals surface area (Å²) in [6.45, 7) is 6.12. The number of hydrogen-bond donors (Lipinski definition) is 2. The summed E-state index contributed by atoms with van der Waals surface area (Å²) in [6.07, 6.45) is 4.71. The Morgan fingerprint density at radius 2 is 2.03 bits per heavy atom. The van der Waals surface area contributed by atoms with Crippen LogP contribution in [0.3, 0.4) is 0 Å². The van der Waals surface area contributed by atoms with Crippen LogP contribution in [-0.4, -0.2) is 32.4 Å². The molecule has 2 aromatic rings. The number of fused-ring (bicyclic) bond motifs is 1. The highest BCUT2D eigenvalue weighted by atomic mass is 35.5. The van der Waals surface area contributed by atoms with E-state index in [1.165, 1.54) is 0 Å². The number of aromatic nitrogens is 3. The summed E-state index contributed by atoms with van der Waals surface area (Å²) in [6, 6.07) is 0.265. The van der Waals surface area contributed by atoms with Crippen LogP contribution in [-0.2, 0) is 23.9 Å². The van der Waals surface area contributed by atoms with E-state index >= 15 is 0 Å². The van der Waals surface area contributed by atoms with Gasteiger partial charge in [0.1, 0.15) is 17.3 Å². The lowest BCUT2D eigenvalue weighted by Gasteiger charge is -2.20. The molecule has 1 aliphatic rings. The van der Waals surface area contributed by atoms with Crippen LogP contribution in [0.2, 0.25) is 5.02 Å². The first-order valence-corrected chi connectivity index (χ1v) is 12.7. The van der Waals surface area contributed by atoms with Crippen LogP contribution in [0, 0.1) is 0 Å². The Labute approximate surface area is 216 Å². The maximum Gasteiger partial charge on any atom is 0.418 e. The molecular formula is C24H27ClF3N5O2S. The number of halogens is 4. The molecule has 0 aromatic carbocycles. The second-order valence-corrected chi connectivity index (χ2v) is 9.66. The molecule has 2 N–H and O–H groups in total. The van der Waals surface area contributed by atoms with Gasteiger partial charge >= 0.3 is 6.18 Å². The van der Waals surface area contributed by atoms with Crippen LogP contribution in [0.4, 0.5) is 19.0 Å². The lowest BCUT2D eigenvalue weighted by molar-refractivity contribution is -0.137. The molecule has 2 amide bonds. The topological polar surface area (TPSA) is 88.9 Å². The van der Waals surface area contributed by atoms with Gasteiger partial charge in [0, 0.05) is 24.1 Å². The normalized spacial score (nSPS) is 15.3. The molecule has 1 unspecified atom stereocenters. The zero-order valence-corrected chi connectivity index (χ0v) is 21.7.